The Morgan fingerprint density at radius 1 is 1.17 bits per heavy atom. The number of carbonyl (C=O) groups excluding carboxylic acids is 1. The summed E-state index contributed by atoms with van der Waals surface area (Å²) in [5, 5.41) is 0. The van der Waals surface area contributed by atoms with Crippen molar-refractivity contribution in [1.82, 2.24) is 4.72 Å². The smallest absolute Gasteiger partial charge is 0.338 e. The molecular weight excluding hydrogens is 462 g/mol. The van der Waals surface area contributed by atoms with Crippen molar-refractivity contribution >= 4 is 31.9 Å². The van der Waals surface area contributed by atoms with E-state index in [0.717, 1.165) is 17.3 Å². The Morgan fingerprint density at radius 3 is 2.66 bits per heavy atom. The summed E-state index contributed by atoms with van der Waals surface area (Å²) in [6.07, 6.45) is 1.70. The average molecular weight is 484 g/mol. The lowest BCUT2D eigenvalue weighted by Gasteiger charge is -2.12. The molecule has 0 radical (unpaired) electrons. The van der Waals surface area contributed by atoms with Crippen molar-refractivity contribution in [2.24, 2.45) is 0 Å². The average Bonchev–Trinajstić information content (AvgIpc) is 3.24. The number of nitrogens with one attached hydrogen (secondary N) is 1. The predicted molar refractivity (Wildman–Crippen MR) is 111 cm³/mol. The molecule has 1 saturated heterocycles. The number of esters is 1. The van der Waals surface area contributed by atoms with E-state index in [1.807, 2.05) is 18.2 Å². The van der Waals surface area contributed by atoms with Crippen LogP contribution in [0, 0.1) is 0 Å². The number of sulfonamides is 1. The number of carbonyl (C=O) groups is 1. The van der Waals surface area contributed by atoms with E-state index in [0.29, 0.717) is 12.4 Å². The molecule has 0 spiro atoms. The summed E-state index contributed by atoms with van der Waals surface area (Å²) < 4.78 is 44.2. The van der Waals surface area contributed by atoms with Gasteiger partial charge in [-0.05, 0) is 55.3 Å². The summed E-state index contributed by atoms with van der Waals surface area (Å²) >= 11 is 3.35. The van der Waals surface area contributed by atoms with Gasteiger partial charge in [0.05, 0.1) is 16.6 Å². The van der Waals surface area contributed by atoms with Crippen molar-refractivity contribution in [3.63, 3.8) is 0 Å². The second kappa shape index (κ2) is 10.2. The molecule has 1 fully saturated rings. The lowest BCUT2D eigenvalue weighted by molar-refractivity contribution is 0.0450. The molecule has 1 aliphatic heterocycles. The van der Waals surface area contributed by atoms with Gasteiger partial charge in [-0.3, -0.25) is 0 Å². The zero-order valence-electron chi connectivity index (χ0n) is 15.7. The summed E-state index contributed by atoms with van der Waals surface area (Å²) in [6.45, 7) is 1.19. The monoisotopic (exact) mass is 483 g/mol. The van der Waals surface area contributed by atoms with Crippen molar-refractivity contribution in [1.29, 1.82) is 0 Å². The molecule has 1 aliphatic rings. The van der Waals surface area contributed by atoms with Crippen LogP contribution in [0.5, 0.6) is 5.75 Å². The van der Waals surface area contributed by atoms with Crippen LogP contribution in [0.15, 0.2) is 57.9 Å². The van der Waals surface area contributed by atoms with Crippen LogP contribution in [0.3, 0.4) is 0 Å². The number of halogens is 1. The fraction of sp³-hybridized carbons (Fsp3) is 0.350. The molecule has 2 aromatic rings. The second-order valence-corrected chi connectivity index (χ2v) is 9.14. The molecule has 156 valence electrons. The zero-order chi connectivity index (χ0) is 20.7. The number of hydrogen-bond acceptors (Lipinski definition) is 6. The quantitative estimate of drug-likeness (QED) is 0.435. The molecule has 0 bridgehead atoms. The first-order chi connectivity index (χ1) is 13.9. The minimum atomic E-state index is -3.65. The van der Waals surface area contributed by atoms with Gasteiger partial charge in [-0.25, -0.2) is 17.9 Å². The van der Waals surface area contributed by atoms with Gasteiger partial charge in [0, 0.05) is 17.6 Å². The second-order valence-electron chi connectivity index (χ2n) is 6.45. The highest BCUT2D eigenvalue weighted by Gasteiger charge is 2.20. The van der Waals surface area contributed by atoms with Gasteiger partial charge in [-0.1, -0.05) is 22.0 Å². The first-order valence-corrected chi connectivity index (χ1v) is 11.5. The van der Waals surface area contributed by atoms with E-state index in [9.17, 15) is 13.2 Å². The highest BCUT2D eigenvalue weighted by Crippen LogP contribution is 2.18. The van der Waals surface area contributed by atoms with Crippen molar-refractivity contribution < 1.29 is 27.4 Å². The zero-order valence-corrected chi connectivity index (χ0v) is 18.1. The van der Waals surface area contributed by atoms with Crippen molar-refractivity contribution in [2.45, 2.75) is 23.8 Å². The molecule has 3 rings (SSSR count). The Balaban J connectivity index is 1.46. The molecule has 1 atom stereocenters. The third-order valence-electron chi connectivity index (χ3n) is 4.31. The molecule has 1 heterocycles. The maximum absolute atomic E-state index is 12.3. The lowest BCUT2D eigenvalue weighted by Crippen LogP contribution is -2.31. The summed E-state index contributed by atoms with van der Waals surface area (Å²) in [6, 6.07) is 13.0. The van der Waals surface area contributed by atoms with Crippen LogP contribution in [-0.2, 0) is 19.5 Å². The maximum atomic E-state index is 12.3. The number of rotatable bonds is 9. The van der Waals surface area contributed by atoms with Crippen LogP contribution < -0.4 is 9.46 Å². The lowest BCUT2D eigenvalue weighted by atomic mass is 10.2. The van der Waals surface area contributed by atoms with Crippen LogP contribution in [0.25, 0.3) is 0 Å². The van der Waals surface area contributed by atoms with E-state index in [2.05, 4.69) is 20.7 Å². The Hall–Kier alpha value is -1.94. The molecule has 9 heteroatoms. The van der Waals surface area contributed by atoms with E-state index in [1.54, 1.807) is 6.07 Å². The normalized spacial score (nSPS) is 16.5. The topological polar surface area (TPSA) is 90.9 Å². The van der Waals surface area contributed by atoms with Gasteiger partial charge in [-0.2, -0.15) is 0 Å². The van der Waals surface area contributed by atoms with Gasteiger partial charge in [-0.15, -0.1) is 0 Å². The van der Waals surface area contributed by atoms with Gasteiger partial charge in [0.2, 0.25) is 10.0 Å². The molecule has 7 nitrogen and oxygen atoms in total. The highest BCUT2D eigenvalue weighted by atomic mass is 79.9. The van der Waals surface area contributed by atoms with Gasteiger partial charge < -0.3 is 14.2 Å². The van der Waals surface area contributed by atoms with E-state index in [4.69, 9.17) is 14.2 Å². The number of hydrogen-bond donors (Lipinski definition) is 1. The van der Waals surface area contributed by atoms with Gasteiger partial charge in [0.25, 0.3) is 0 Å². The molecular formula is C20H22BrNO6S. The van der Waals surface area contributed by atoms with Crippen LogP contribution >= 0.6 is 15.9 Å². The van der Waals surface area contributed by atoms with Crippen LogP contribution in [0.2, 0.25) is 0 Å². The molecule has 0 amide bonds. The number of benzene rings is 2. The van der Waals surface area contributed by atoms with E-state index >= 15 is 0 Å². The minimum absolute atomic E-state index is 0.0777. The molecule has 29 heavy (non-hydrogen) atoms. The van der Waals surface area contributed by atoms with Crippen molar-refractivity contribution in [3.8, 4) is 5.75 Å². The third-order valence-corrected chi connectivity index (χ3v) is 6.24. The molecule has 2 aromatic carbocycles. The van der Waals surface area contributed by atoms with E-state index < -0.39 is 16.0 Å². The van der Waals surface area contributed by atoms with Gasteiger partial charge in [0.15, 0.2) is 0 Å². The minimum Gasteiger partial charge on any atom is -0.490 e. The standard InChI is InChI=1S/C20H22BrNO6S/c21-16-3-1-4-17(13-16)27-11-12-28-20(23)15-6-8-19(9-7-15)29(24,25)22-14-18-5-2-10-26-18/h1,3-4,6-9,13,18,22H,2,5,10-12,14H2. The maximum Gasteiger partial charge on any atom is 0.338 e. The van der Waals surface area contributed by atoms with Gasteiger partial charge >= 0.3 is 5.97 Å². The SMILES string of the molecule is O=C(OCCOc1cccc(Br)c1)c1ccc(S(=O)(=O)NCC2CCCO2)cc1. The molecule has 0 saturated carbocycles. The van der Waals surface area contributed by atoms with Gasteiger partial charge in [0.1, 0.15) is 19.0 Å². The summed E-state index contributed by atoms with van der Waals surface area (Å²) in [5.41, 5.74) is 0.269. The van der Waals surface area contributed by atoms with Crippen LogP contribution in [0.1, 0.15) is 23.2 Å². The highest BCUT2D eigenvalue weighted by molar-refractivity contribution is 9.10. The summed E-state index contributed by atoms with van der Waals surface area (Å²) in [4.78, 5) is 12.2. The van der Waals surface area contributed by atoms with Crippen LogP contribution in [0.4, 0.5) is 0 Å². The summed E-state index contributed by atoms with van der Waals surface area (Å²) in [7, 11) is -3.65. The fourth-order valence-electron chi connectivity index (χ4n) is 2.80. The Kier molecular flexibility index (Phi) is 7.65. The molecule has 1 N–H and O–H groups in total. The first kappa shape index (κ1) is 21.8. The van der Waals surface area contributed by atoms with Crippen molar-refractivity contribution in [2.75, 3.05) is 26.4 Å². The Labute approximate surface area is 178 Å². The Morgan fingerprint density at radius 2 is 1.97 bits per heavy atom. The number of ether oxygens (including phenoxy) is 3. The third kappa shape index (κ3) is 6.53. The fourth-order valence-corrected chi connectivity index (χ4v) is 4.24. The molecule has 0 aliphatic carbocycles. The largest absolute Gasteiger partial charge is 0.490 e. The first-order valence-electron chi connectivity index (χ1n) is 9.21. The van der Waals surface area contributed by atoms with Crippen molar-refractivity contribution in [3.05, 3.63) is 58.6 Å². The van der Waals surface area contributed by atoms with Crippen LogP contribution in [-0.4, -0.2) is 46.9 Å². The predicted octanol–water partition coefficient (Wildman–Crippen LogP) is 3.14. The summed E-state index contributed by atoms with van der Waals surface area (Å²) in [5.74, 6) is 0.125. The van der Waals surface area contributed by atoms with E-state index in [-0.39, 0.29) is 36.3 Å². The van der Waals surface area contributed by atoms with E-state index in [1.165, 1.54) is 24.3 Å². The molecule has 0 aromatic heterocycles. The Bertz CT molecular complexity index is 926. The molecule has 1 unspecified atom stereocenters.